The number of nitrogens with one attached hydrogen (secondary N) is 1. The molecule has 36 heavy (non-hydrogen) atoms. The fourth-order valence-corrected chi connectivity index (χ4v) is 4.79. The van der Waals surface area contributed by atoms with Gasteiger partial charge in [0.1, 0.15) is 6.04 Å². The number of aryl methyl sites for hydroxylation is 1. The Balaban J connectivity index is 1.46. The lowest BCUT2D eigenvalue weighted by molar-refractivity contribution is -0.140. The van der Waals surface area contributed by atoms with E-state index in [0.717, 1.165) is 34.0 Å². The van der Waals surface area contributed by atoms with Crippen LogP contribution in [0.2, 0.25) is 0 Å². The number of carbonyl (C=O) groups excluding carboxylic acids is 3. The predicted molar refractivity (Wildman–Crippen MR) is 144 cm³/mol. The van der Waals surface area contributed by atoms with Crippen LogP contribution in [0.3, 0.4) is 0 Å². The summed E-state index contributed by atoms with van der Waals surface area (Å²) in [4.78, 5) is 42.9. The zero-order valence-corrected chi connectivity index (χ0v) is 21.6. The molecule has 4 rings (SSSR count). The summed E-state index contributed by atoms with van der Waals surface area (Å²) in [5.74, 6) is -0.264. The summed E-state index contributed by atoms with van der Waals surface area (Å²) in [6.45, 7) is 8.59. The van der Waals surface area contributed by atoms with Crippen LogP contribution in [0.5, 0.6) is 0 Å². The molecule has 3 aromatic rings. The standard InChI is InChI=1S/C30H35N3O3/c1-5-21(3)31-29(35)22(4)33(19-23-11-6-10-20(2)18-23)27(34)16-9-17-32-26-15-8-13-24-12-7-14-25(28(24)26)30(32)36/h6-8,10-15,18,21-22H,5,9,16-17,19H2,1-4H3,(H,31,35)/t21-,22+/m0/s1. The maximum absolute atomic E-state index is 13.4. The summed E-state index contributed by atoms with van der Waals surface area (Å²) in [6.07, 6.45) is 1.59. The molecule has 1 N–H and O–H groups in total. The summed E-state index contributed by atoms with van der Waals surface area (Å²) in [5, 5.41) is 5.03. The van der Waals surface area contributed by atoms with Gasteiger partial charge in [-0.05, 0) is 56.7 Å². The summed E-state index contributed by atoms with van der Waals surface area (Å²) < 4.78 is 0. The van der Waals surface area contributed by atoms with E-state index in [0.29, 0.717) is 25.1 Å². The van der Waals surface area contributed by atoms with Crippen molar-refractivity contribution in [1.82, 2.24) is 10.2 Å². The lowest BCUT2D eigenvalue weighted by Gasteiger charge is -2.30. The normalized spacial score (nSPS) is 14.1. The van der Waals surface area contributed by atoms with Crippen molar-refractivity contribution in [3.8, 4) is 0 Å². The first-order valence-electron chi connectivity index (χ1n) is 12.8. The van der Waals surface area contributed by atoms with Crippen molar-refractivity contribution >= 4 is 34.2 Å². The zero-order valence-electron chi connectivity index (χ0n) is 21.6. The number of anilines is 1. The monoisotopic (exact) mass is 485 g/mol. The fraction of sp³-hybridized carbons (Fsp3) is 0.367. The summed E-state index contributed by atoms with van der Waals surface area (Å²) in [6, 6.07) is 19.2. The lowest BCUT2D eigenvalue weighted by atomic mass is 10.1. The van der Waals surface area contributed by atoms with Crippen molar-refractivity contribution in [2.45, 2.75) is 65.6 Å². The highest BCUT2D eigenvalue weighted by atomic mass is 16.2. The van der Waals surface area contributed by atoms with E-state index in [1.807, 2.05) is 81.4 Å². The number of rotatable bonds is 10. The minimum atomic E-state index is -0.599. The Labute approximate surface area is 213 Å². The van der Waals surface area contributed by atoms with E-state index < -0.39 is 6.04 Å². The second-order valence-corrected chi connectivity index (χ2v) is 9.75. The molecular weight excluding hydrogens is 450 g/mol. The van der Waals surface area contributed by atoms with Gasteiger partial charge in [-0.15, -0.1) is 0 Å². The molecule has 0 saturated heterocycles. The van der Waals surface area contributed by atoms with Gasteiger partial charge in [0.15, 0.2) is 0 Å². The van der Waals surface area contributed by atoms with Gasteiger partial charge in [-0.2, -0.15) is 0 Å². The lowest BCUT2D eigenvalue weighted by Crippen LogP contribution is -2.49. The van der Waals surface area contributed by atoms with E-state index in [-0.39, 0.29) is 30.2 Å². The van der Waals surface area contributed by atoms with Gasteiger partial charge in [-0.3, -0.25) is 14.4 Å². The number of carbonyl (C=O) groups is 3. The predicted octanol–water partition coefficient (Wildman–Crippen LogP) is 5.22. The van der Waals surface area contributed by atoms with Gasteiger partial charge >= 0.3 is 0 Å². The Morgan fingerprint density at radius 3 is 2.47 bits per heavy atom. The van der Waals surface area contributed by atoms with Gasteiger partial charge in [0.2, 0.25) is 11.8 Å². The Kier molecular flexibility index (Phi) is 7.73. The number of benzene rings is 3. The van der Waals surface area contributed by atoms with Crippen LogP contribution in [0, 0.1) is 6.92 Å². The quantitative estimate of drug-likeness (QED) is 0.428. The molecule has 6 heteroatoms. The van der Waals surface area contributed by atoms with E-state index in [4.69, 9.17) is 0 Å². The van der Waals surface area contributed by atoms with Crippen molar-refractivity contribution in [2.24, 2.45) is 0 Å². The molecule has 0 bridgehead atoms. The van der Waals surface area contributed by atoms with E-state index in [1.165, 1.54) is 0 Å². The Morgan fingerprint density at radius 1 is 1.03 bits per heavy atom. The Morgan fingerprint density at radius 2 is 1.75 bits per heavy atom. The molecule has 0 unspecified atom stereocenters. The number of hydrogen-bond acceptors (Lipinski definition) is 3. The van der Waals surface area contributed by atoms with Gasteiger partial charge < -0.3 is 15.1 Å². The van der Waals surface area contributed by atoms with Gasteiger partial charge in [0.05, 0.1) is 5.69 Å². The highest BCUT2D eigenvalue weighted by Gasteiger charge is 2.30. The molecule has 0 fully saturated rings. The number of hydrogen-bond donors (Lipinski definition) is 1. The van der Waals surface area contributed by atoms with Crippen molar-refractivity contribution in [3.05, 3.63) is 77.4 Å². The molecule has 1 heterocycles. The number of nitrogens with zero attached hydrogens (tertiary/aromatic N) is 2. The van der Waals surface area contributed by atoms with E-state index >= 15 is 0 Å². The second kappa shape index (κ2) is 10.9. The van der Waals surface area contributed by atoms with Gasteiger partial charge in [-0.1, -0.05) is 61.0 Å². The fourth-order valence-electron chi connectivity index (χ4n) is 4.79. The Bertz CT molecular complexity index is 1280. The van der Waals surface area contributed by atoms with Crippen LogP contribution < -0.4 is 10.2 Å². The third kappa shape index (κ3) is 5.27. The van der Waals surface area contributed by atoms with Crippen LogP contribution in [0.4, 0.5) is 5.69 Å². The smallest absolute Gasteiger partial charge is 0.258 e. The molecule has 188 valence electrons. The van der Waals surface area contributed by atoms with E-state index in [9.17, 15) is 14.4 Å². The third-order valence-corrected chi connectivity index (χ3v) is 7.03. The summed E-state index contributed by atoms with van der Waals surface area (Å²) in [5.41, 5.74) is 3.71. The largest absolute Gasteiger partial charge is 0.352 e. The van der Waals surface area contributed by atoms with Crippen LogP contribution in [0.1, 0.15) is 61.5 Å². The van der Waals surface area contributed by atoms with Crippen LogP contribution in [0.25, 0.3) is 10.8 Å². The van der Waals surface area contributed by atoms with Crippen molar-refractivity contribution in [2.75, 3.05) is 11.4 Å². The van der Waals surface area contributed by atoms with E-state index in [1.54, 1.807) is 16.7 Å². The molecule has 0 radical (unpaired) electrons. The highest BCUT2D eigenvalue weighted by Crippen LogP contribution is 2.37. The average Bonchev–Trinajstić information content (AvgIpc) is 3.14. The molecule has 6 nitrogen and oxygen atoms in total. The van der Waals surface area contributed by atoms with Crippen molar-refractivity contribution < 1.29 is 14.4 Å². The van der Waals surface area contributed by atoms with Gasteiger partial charge in [0, 0.05) is 36.5 Å². The SMILES string of the molecule is CC[C@H](C)NC(=O)[C@@H](C)N(Cc1cccc(C)c1)C(=O)CCCN1C(=O)c2cccc3cccc1c23. The van der Waals surface area contributed by atoms with Crippen LogP contribution >= 0.6 is 0 Å². The molecule has 2 atom stereocenters. The van der Waals surface area contributed by atoms with Crippen molar-refractivity contribution in [3.63, 3.8) is 0 Å². The van der Waals surface area contributed by atoms with Crippen LogP contribution in [-0.2, 0) is 16.1 Å². The van der Waals surface area contributed by atoms with Crippen LogP contribution in [-0.4, -0.2) is 41.2 Å². The molecule has 0 aliphatic carbocycles. The number of amides is 3. The van der Waals surface area contributed by atoms with Gasteiger partial charge in [-0.25, -0.2) is 0 Å². The molecule has 0 aromatic heterocycles. The summed E-state index contributed by atoms with van der Waals surface area (Å²) in [7, 11) is 0. The maximum atomic E-state index is 13.4. The zero-order chi connectivity index (χ0) is 25.8. The molecule has 1 aliphatic rings. The average molecular weight is 486 g/mol. The van der Waals surface area contributed by atoms with Crippen LogP contribution in [0.15, 0.2) is 60.7 Å². The molecule has 0 spiro atoms. The Hall–Kier alpha value is -3.67. The second-order valence-electron chi connectivity index (χ2n) is 9.75. The topological polar surface area (TPSA) is 69.7 Å². The third-order valence-electron chi connectivity index (χ3n) is 7.03. The summed E-state index contributed by atoms with van der Waals surface area (Å²) >= 11 is 0. The highest BCUT2D eigenvalue weighted by molar-refractivity contribution is 6.25. The van der Waals surface area contributed by atoms with E-state index in [2.05, 4.69) is 5.32 Å². The first-order chi connectivity index (χ1) is 17.3. The molecule has 1 aliphatic heterocycles. The molecular formula is C30H35N3O3. The van der Waals surface area contributed by atoms with Gasteiger partial charge in [0.25, 0.3) is 5.91 Å². The first kappa shape index (κ1) is 25.4. The molecule has 3 amide bonds. The molecule has 0 saturated carbocycles. The molecule has 3 aromatic carbocycles. The van der Waals surface area contributed by atoms with Crippen molar-refractivity contribution in [1.29, 1.82) is 0 Å². The first-order valence-corrected chi connectivity index (χ1v) is 12.8. The minimum Gasteiger partial charge on any atom is -0.352 e. The maximum Gasteiger partial charge on any atom is 0.258 e. The minimum absolute atomic E-state index is 0.0211.